The molecule has 0 aromatic heterocycles. The molecule has 1 atom stereocenters. The largest absolute Gasteiger partial charge is 0.489 e. The van der Waals surface area contributed by atoms with Crippen molar-refractivity contribution in [3.8, 4) is 5.75 Å². The maximum atomic E-state index is 13.7. The first-order valence-corrected chi connectivity index (χ1v) is 6.43. The van der Waals surface area contributed by atoms with E-state index in [2.05, 4.69) is 0 Å². The van der Waals surface area contributed by atoms with Crippen molar-refractivity contribution in [1.29, 1.82) is 0 Å². The molecule has 0 aliphatic rings. The molecule has 0 spiro atoms. The number of ether oxygens (including phenoxy) is 1. The van der Waals surface area contributed by atoms with Crippen LogP contribution in [0.3, 0.4) is 0 Å². The van der Waals surface area contributed by atoms with E-state index in [1.807, 2.05) is 30.3 Å². The molecule has 0 saturated carbocycles. The summed E-state index contributed by atoms with van der Waals surface area (Å²) < 4.78 is 19.3. The highest BCUT2D eigenvalue weighted by Crippen LogP contribution is 2.24. The van der Waals surface area contributed by atoms with Gasteiger partial charge in [-0.05, 0) is 23.8 Å². The number of hydrogen-bond donors (Lipinski definition) is 1. The van der Waals surface area contributed by atoms with Gasteiger partial charge in [-0.3, -0.25) is 4.79 Å². The van der Waals surface area contributed by atoms with Gasteiger partial charge in [0.1, 0.15) is 18.2 Å². The molecule has 21 heavy (non-hydrogen) atoms. The fourth-order valence-corrected chi connectivity index (χ4v) is 1.83. The van der Waals surface area contributed by atoms with Crippen LogP contribution in [0, 0.1) is 5.82 Å². The molecule has 1 N–H and O–H groups in total. The summed E-state index contributed by atoms with van der Waals surface area (Å²) in [5.41, 5.74) is 0.976. The molecule has 0 bridgehead atoms. The fraction of sp³-hybridized carbons (Fsp3) is 0.188. The molecule has 0 heterocycles. The molecule has 5 heteroatoms. The lowest BCUT2D eigenvalue weighted by Gasteiger charge is -2.20. The van der Waals surface area contributed by atoms with E-state index < -0.39 is 12.0 Å². The lowest BCUT2D eigenvalue weighted by atomic mass is 10.1. The van der Waals surface area contributed by atoms with Crippen LogP contribution in [0.1, 0.15) is 17.4 Å². The Kier molecular flexibility index (Phi) is 4.90. The molecular formula is C16H16FNO3. The average molecular weight is 289 g/mol. The quantitative estimate of drug-likeness (QED) is 0.656. The summed E-state index contributed by atoms with van der Waals surface area (Å²) in [4.78, 5) is 11.6. The van der Waals surface area contributed by atoms with Gasteiger partial charge in [0.25, 0.3) is 0 Å². The molecule has 0 aliphatic heterocycles. The van der Waals surface area contributed by atoms with Crippen molar-refractivity contribution in [2.75, 3.05) is 7.05 Å². The van der Waals surface area contributed by atoms with Gasteiger partial charge in [-0.25, -0.2) is 4.39 Å². The minimum absolute atomic E-state index is 0.00448. The smallest absolute Gasteiger partial charge is 0.211 e. The monoisotopic (exact) mass is 289 g/mol. The zero-order valence-electron chi connectivity index (χ0n) is 11.6. The molecule has 2 rings (SSSR count). The zero-order valence-corrected chi connectivity index (χ0v) is 11.6. The normalized spacial score (nSPS) is 11.8. The number of hydrogen-bond acceptors (Lipinski definition) is 3. The van der Waals surface area contributed by atoms with E-state index >= 15 is 0 Å². The van der Waals surface area contributed by atoms with E-state index in [0.717, 1.165) is 10.5 Å². The Balaban J connectivity index is 2.13. The van der Waals surface area contributed by atoms with Crippen LogP contribution in [0.2, 0.25) is 0 Å². The van der Waals surface area contributed by atoms with E-state index in [0.29, 0.717) is 18.8 Å². The van der Waals surface area contributed by atoms with E-state index in [1.54, 1.807) is 0 Å². The van der Waals surface area contributed by atoms with Gasteiger partial charge in [-0.1, -0.05) is 30.3 Å². The minimum Gasteiger partial charge on any atom is -0.489 e. The Morgan fingerprint density at radius 1 is 1.29 bits per heavy atom. The molecule has 1 amide bonds. The predicted molar refractivity (Wildman–Crippen MR) is 76.0 cm³/mol. The zero-order chi connectivity index (χ0) is 15.2. The van der Waals surface area contributed by atoms with Crippen LogP contribution >= 0.6 is 0 Å². The summed E-state index contributed by atoms with van der Waals surface area (Å²) >= 11 is 0. The summed E-state index contributed by atoms with van der Waals surface area (Å²) in [6.07, 6.45) is -0.913. The van der Waals surface area contributed by atoms with Crippen molar-refractivity contribution in [2.45, 2.75) is 12.8 Å². The van der Waals surface area contributed by atoms with Crippen LogP contribution in [-0.4, -0.2) is 23.5 Å². The second kappa shape index (κ2) is 6.85. The third-order valence-electron chi connectivity index (χ3n) is 3.05. The molecule has 0 saturated heterocycles. The SMILES string of the molecule is CN(C=O)C(O)c1cc(OCc2ccccc2)ccc1F. The third-order valence-corrected chi connectivity index (χ3v) is 3.05. The molecule has 2 aromatic carbocycles. The third kappa shape index (κ3) is 3.79. The van der Waals surface area contributed by atoms with E-state index in [9.17, 15) is 14.3 Å². The first-order chi connectivity index (χ1) is 10.1. The van der Waals surface area contributed by atoms with Crippen molar-refractivity contribution < 1.29 is 19.0 Å². The first kappa shape index (κ1) is 15.0. The standard InChI is InChI=1S/C16H16FNO3/c1-18(11-19)16(20)14-9-13(7-8-15(14)17)21-10-12-5-3-2-4-6-12/h2-9,11,16,20H,10H2,1H3. The second-order valence-corrected chi connectivity index (χ2v) is 4.60. The summed E-state index contributed by atoms with van der Waals surface area (Å²) in [5.74, 6) is -0.170. The van der Waals surface area contributed by atoms with Crippen LogP contribution in [0.25, 0.3) is 0 Å². The molecule has 0 fully saturated rings. The topological polar surface area (TPSA) is 49.8 Å². The number of rotatable bonds is 6. The molecule has 110 valence electrons. The maximum Gasteiger partial charge on any atom is 0.211 e. The first-order valence-electron chi connectivity index (χ1n) is 6.43. The Hall–Kier alpha value is -2.40. The van der Waals surface area contributed by atoms with Gasteiger partial charge in [-0.2, -0.15) is 0 Å². The Morgan fingerprint density at radius 3 is 2.67 bits per heavy atom. The Morgan fingerprint density at radius 2 is 2.00 bits per heavy atom. The van der Waals surface area contributed by atoms with Crippen LogP contribution < -0.4 is 4.74 Å². The van der Waals surface area contributed by atoms with Crippen molar-refractivity contribution in [3.63, 3.8) is 0 Å². The van der Waals surface area contributed by atoms with Crippen LogP contribution in [0.5, 0.6) is 5.75 Å². The summed E-state index contributed by atoms with van der Waals surface area (Å²) in [5, 5.41) is 9.88. The van der Waals surface area contributed by atoms with Gasteiger partial charge in [0, 0.05) is 12.6 Å². The number of amides is 1. The number of aliphatic hydroxyl groups is 1. The van der Waals surface area contributed by atoms with E-state index in [1.165, 1.54) is 25.2 Å². The van der Waals surface area contributed by atoms with Crippen molar-refractivity contribution in [3.05, 3.63) is 65.5 Å². The number of nitrogens with zero attached hydrogens (tertiary/aromatic N) is 1. The van der Waals surface area contributed by atoms with Crippen molar-refractivity contribution in [2.24, 2.45) is 0 Å². The lowest BCUT2D eigenvalue weighted by molar-refractivity contribution is -0.125. The Bertz CT molecular complexity index is 604. The highest BCUT2D eigenvalue weighted by molar-refractivity contribution is 5.48. The molecule has 2 aromatic rings. The van der Waals surface area contributed by atoms with Gasteiger partial charge in [0.15, 0.2) is 6.23 Å². The molecule has 0 aliphatic carbocycles. The highest BCUT2D eigenvalue weighted by Gasteiger charge is 2.17. The number of aliphatic hydroxyl groups excluding tert-OH is 1. The van der Waals surface area contributed by atoms with Gasteiger partial charge in [0.05, 0.1) is 0 Å². The van der Waals surface area contributed by atoms with E-state index in [-0.39, 0.29) is 5.56 Å². The van der Waals surface area contributed by atoms with Gasteiger partial charge < -0.3 is 14.7 Å². The van der Waals surface area contributed by atoms with Gasteiger partial charge >= 0.3 is 0 Å². The molecule has 1 unspecified atom stereocenters. The number of carbonyl (C=O) groups is 1. The fourth-order valence-electron chi connectivity index (χ4n) is 1.83. The van der Waals surface area contributed by atoms with Gasteiger partial charge in [-0.15, -0.1) is 0 Å². The lowest BCUT2D eigenvalue weighted by Crippen LogP contribution is -2.23. The Labute approximate surface area is 122 Å². The highest BCUT2D eigenvalue weighted by atomic mass is 19.1. The number of benzene rings is 2. The van der Waals surface area contributed by atoms with Crippen molar-refractivity contribution >= 4 is 6.41 Å². The molecular weight excluding hydrogens is 273 g/mol. The van der Waals surface area contributed by atoms with Crippen LogP contribution in [0.15, 0.2) is 48.5 Å². The maximum absolute atomic E-state index is 13.7. The predicted octanol–water partition coefficient (Wildman–Crippen LogP) is 2.48. The second-order valence-electron chi connectivity index (χ2n) is 4.60. The number of halogens is 1. The van der Waals surface area contributed by atoms with E-state index in [4.69, 9.17) is 4.74 Å². The minimum atomic E-state index is -1.34. The van der Waals surface area contributed by atoms with Crippen molar-refractivity contribution in [1.82, 2.24) is 4.90 Å². The average Bonchev–Trinajstić information content (AvgIpc) is 2.53. The summed E-state index contributed by atoms with van der Waals surface area (Å²) in [6, 6.07) is 13.6. The summed E-state index contributed by atoms with van der Waals surface area (Å²) in [6.45, 7) is 0.339. The van der Waals surface area contributed by atoms with Crippen LogP contribution in [-0.2, 0) is 11.4 Å². The molecule has 4 nitrogen and oxygen atoms in total. The summed E-state index contributed by atoms with van der Waals surface area (Å²) in [7, 11) is 1.37. The number of carbonyl (C=O) groups excluding carboxylic acids is 1. The van der Waals surface area contributed by atoms with Crippen LogP contribution in [0.4, 0.5) is 4.39 Å². The van der Waals surface area contributed by atoms with Gasteiger partial charge in [0.2, 0.25) is 6.41 Å². The molecule has 0 radical (unpaired) electrons.